The van der Waals surface area contributed by atoms with Crippen molar-refractivity contribution in [1.29, 1.82) is 0 Å². The van der Waals surface area contributed by atoms with E-state index < -0.39 is 0 Å². The number of likely N-dealkylation sites (tertiary alicyclic amines) is 1. The van der Waals surface area contributed by atoms with Crippen LogP contribution in [0.2, 0.25) is 0 Å². The van der Waals surface area contributed by atoms with Gasteiger partial charge in [-0.2, -0.15) is 4.80 Å². The van der Waals surface area contributed by atoms with Crippen LogP contribution in [0.15, 0.2) is 53.1 Å². The number of rotatable bonds is 10. The molecule has 0 atom stereocenters. The molecule has 1 aliphatic heterocycles. The number of carbonyl (C=O) groups is 1. The number of aromatic nitrogens is 4. The monoisotopic (exact) mass is 422 g/mol. The summed E-state index contributed by atoms with van der Waals surface area (Å²) in [5.41, 5.74) is 0.992. The van der Waals surface area contributed by atoms with Gasteiger partial charge in [0.1, 0.15) is 5.76 Å². The number of furan rings is 1. The molecule has 164 valence electrons. The van der Waals surface area contributed by atoms with Gasteiger partial charge in [-0.3, -0.25) is 4.79 Å². The number of benzene rings is 1. The van der Waals surface area contributed by atoms with Gasteiger partial charge >= 0.3 is 0 Å². The minimum atomic E-state index is 0.114. The van der Waals surface area contributed by atoms with Gasteiger partial charge in [0.2, 0.25) is 11.7 Å². The first-order valence-electron chi connectivity index (χ1n) is 11.1. The van der Waals surface area contributed by atoms with Gasteiger partial charge in [0.05, 0.1) is 19.4 Å². The Bertz CT molecular complexity index is 917. The standard InChI is InChI=1S/C23H30N6O2/c30-23(24-18-21-10-7-17-31-21)20-11-15-28(16-12-20)13-5-2-6-14-29-26-22(25-27-29)19-8-3-1-4-9-19/h1,3-4,7-10,17,20H,2,5-6,11-16,18H2,(H,24,30). The highest BCUT2D eigenvalue weighted by molar-refractivity contribution is 5.78. The Balaban J connectivity index is 1.08. The first-order chi connectivity index (χ1) is 15.3. The number of tetrazole rings is 1. The van der Waals surface area contributed by atoms with Crippen LogP contribution in [0.4, 0.5) is 0 Å². The van der Waals surface area contributed by atoms with E-state index in [1.807, 2.05) is 42.5 Å². The average molecular weight is 423 g/mol. The van der Waals surface area contributed by atoms with E-state index in [1.54, 1.807) is 11.1 Å². The smallest absolute Gasteiger partial charge is 0.223 e. The van der Waals surface area contributed by atoms with Crippen LogP contribution in [0.25, 0.3) is 11.4 Å². The highest BCUT2D eigenvalue weighted by Crippen LogP contribution is 2.18. The van der Waals surface area contributed by atoms with Crippen LogP contribution in [0.5, 0.6) is 0 Å². The molecule has 3 aromatic rings. The van der Waals surface area contributed by atoms with Crippen LogP contribution >= 0.6 is 0 Å². The van der Waals surface area contributed by atoms with Crippen molar-refractivity contribution >= 4 is 5.91 Å². The molecule has 0 aliphatic carbocycles. The predicted molar refractivity (Wildman–Crippen MR) is 117 cm³/mol. The minimum absolute atomic E-state index is 0.114. The molecule has 8 heteroatoms. The maximum Gasteiger partial charge on any atom is 0.223 e. The summed E-state index contributed by atoms with van der Waals surface area (Å²) in [5, 5.41) is 15.8. The summed E-state index contributed by atoms with van der Waals surface area (Å²) in [6, 6.07) is 13.6. The fraction of sp³-hybridized carbons (Fsp3) is 0.478. The maximum absolute atomic E-state index is 12.3. The van der Waals surface area contributed by atoms with Gasteiger partial charge in [0.15, 0.2) is 0 Å². The summed E-state index contributed by atoms with van der Waals surface area (Å²) >= 11 is 0. The van der Waals surface area contributed by atoms with Crippen LogP contribution in [0.1, 0.15) is 37.9 Å². The van der Waals surface area contributed by atoms with E-state index in [9.17, 15) is 4.79 Å². The average Bonchev–Trinajstić information content (AvgIpc) is 3.51. The van der Waals surface area contributed by atoms with Gasteiger partial charge in [0, 0.05) is 11.5 Å². The molecule has 0 bridgehead atoms. The number of nitrogens with zero attached hydrogens (tertiary/aromatic N) is 5. The largest absolute Gasteiger partial charge is 0.467 e. The number of carbonyl (C=O) groups excluding carboxylic acids is 1. The Morgan fingerprint density at radius 2 is 1.84 bits per heavy atom. The summed E-state index contributed by atoms with van der Waals surface area (Å²) in [6.45, 7) is 4.33. The SMILES string of the molecule is O=C(NCc1ccco1)C1CCN(CCCCCn2nnc(-c3ccccc3)n2)CC1. The number of hydrogen-bond acceptors (Lipinski definition) is 6. The lowest BCUT2D eigenvalue weighted by molar-refractivity contribution is -0.126. The molecule has 31 heavy (non-hydrogen) atoms. The van der Waals surface area contributed by atoms with Crippen LogP contribution in [0.3, 0.4) is 0 Å². The van der Waals surface area contributed by atoms with Crippen LogP contribution < -0.4 is 5.32 Å². The molecule has 2 aromatic heterocycles. The Morgan fingerprint density at radius 3 is 2.61 bits per heavy atom. The van der Waals surface area contributed by atoms with E-state index in [0.29, 0.717) is 12.4 Å². The summed E-state index contributed by atoms with van der Waals surface area (Å²) < 4.78 is 5.27. The Morgan fingerprint density at radius 1 is 1.03 bits per heavy atom. The lowest BCUT2D eigenvalue weighted by Gasteiger charge is -2.31. The molecule has 1 fully saturated rings. The second kappa shape index (κ2) is 10.9. The second-order valence-corrected chi connectivity index (χ2v) is 8.05. The minimum Gasteiger partial charge on any atom is -0.467 e. The van der Waals surface area contributed by atoms with Crippen molar-refractivity contribution in [2.24, 2.45) is 5.92 Å². The molecule has 1 saturated heterocycles. The van der Waals surface area contributed by atoms with Gasteiger partial charge in [-0.25, -0.2) is 0 Å². The van der Waals surface area contributed by atoms with Gasteiger partial charge in [0.25, 0.3) is 0 Å². The van der Waals surface area contributed by atoms with Crippen molar-refractivity contribution in [2.45, 2.75) is 45.2 Å². The normalized spacial score (nSPS) is 15.2. The van der Waals surface area contributed by atoms with Gasteiger partial charge in [-0.1, -0.05) is 36.8 Å². The fourth-order valence-electron chi connectivity index (χ4n) is 3.96. The lowest BCUT2D eigenvalue weighted by Crippen LogP contribution is -2.40. The van der Waals surface area contributed by atoms with Crippen molar-refractivity contribution in [3.8, 4) is 11.4 Å². The number of amides is 1. The third kappa shape index (κ3) is 6.24. The van der Waals surface area contributed by atoms with Crippen molar-refractivity contribution < 1.29 is 9.21 Å². The molecule has 1 amide bonds. The molecule has 4 rings (SSSR count). The maximum atomic E-state index is 12.3. The Hall–Kier alpha value is -3.00. The van der Waals surface area contributed by atoms with Crippen LogP contribution in [-0.4, -0.2) is 50.6 Å². The third-order valence-corrected chi connectivity index (χ3v) is 5.79. The Labute approximate surface area is 182 Å². The van der Waals surface area contributed by atoms with Crippen molar-refractivity contribution in [2.75, 3.05) is 19.6 Å². The first-order valence-corrected chi connectivity index (χ1v) is 11.1. The van der Waals surface area contributed by atoms with Crippen molar-refractivity contribution in [3.63, 3.8) is 0 Å². The highest BCUT2D eigenvalue weighted by Gasteiger charge is 2.24. The molecular formula is C23H30N6O2. The third-order valence-electron chi connectivity index (χ3n) is 5.79. The predicted octanol–water partition coefficient (Wildman–Crippen LogP) is 3.13. The highest BCUT2D eigenvalue weighted by atomic mass is 16.3. The fourth-order valence-corrected chi connectivity index (χ4v) is 3.96. The number of hydrogen-bond donors (Lipinski definition) is 1. The lowest BCUT2D eigenvalue weighted by atomic mass is 9.95. The zero-order chi connectivity index (χ0) is 21.3. The molecule has 1 aliphatic rings. The van der Waals surface area contributed by atoms with Crippen molar-refractivity contribution in [3.05, 3.63) is 54.5 Å². The molecular weight excluding hydrogens is 392 g/mol. The van der Waals surface area contributed by atoms with Gasteiger partial charge in [-0.15, -0.1) is 10.2 Å². The number of unbranched alkanes of at least 4 members (excludes halogenated alkanes) is 2. The molecule has 0 spiro atoms. The van der Waals surface area contributed by atoms with E-state index in [2.05, 4.69) is 25.6 Å². The molecule has 0 saturated carbocycles. The van der Waals surface area contributed by atoms with E-state index in [4.69, 9.17) is 4.42 Å². The number of aryl methyl sites for hydroxylation is 1. The Kier molecular flexibility index (Phi) is 7.44. The zero-order valence-corrected chi connectivity index (χ0v) is 17.8. The first kappa shape index (κ1) is 21.2. The van der Waals surface area contributed by atoms with Crippen LogP contribution in [-0.2, 0) is 17.9 Å². The molecule has 1 N–H and O–H groups in total. The second-order valence-electron chi connectivity index (χ2n) is 8.05. The molecule has 0 unspecified atom stereocenters. The summed E-state index contributed by atoms with van der Waals surface area (Å²) in [7, 11) is 0. The summed E-state index contributed by atoms with van der Waals surface area (Å²) in [5.74, 6) is 1.73. The quantitative estimate of drug-likeness (QED) is 0.505. The number of nitrogens with one attached hydrogen (secondary N) is 1. The molecule has 3 heterocycles. The number of piperidine rings is 1. The molecule has 8 nitrogen and oxygen atoms in total. The zero-order valence-electron chi connectivity index (χ0n) is 17.8. The van der Waals surface area contributed by atoms with E-state index >= 15 is 0 Å². The van der Waals surface area contributed by atoms with E-state index in [0.717, 1.165) is 69.6 Å². The summed E-state index contributed by atoms with van der Waals surface area (Å²) in [4.78, 5) is 16.5. The topological polar surface area (TPSA) is 89.1 Å². The van der Waals surface area contributed by atoms with Crippen molar-refractivity contribution in [1.82, 2.24) is 30.4 Å². The van der Waals surface area contributed by atoms with Crippen LogP contribution in [0, 0.1) is 5.92 Å². The molecule has 1 aromatic carbocycles. The summed E-state index contributed by atoms with van der Waals surface area (Å²) in [6.07, 6.45) is 6.80. The van der Waals surface area contributed by atoms with E-state index in [-0.39, 0.29) is 11.8 Å². The van der Waals surface area contributed by atoms with Gasteiger partial charge in [-0.05, 0) is 62.7 Å². The molecule has 0 radical (unpaired) electrons. The van der Waals surface area contributed by atoms with Gasteiger partial charge < -0.3 is 14.6 Å². The van der Waals surface area contributed by atoms with E-state index in [1.165, 1.54) is 0 Å².